The second-order valence-corrected chi connectivity index (χ2v) is 5.78. The van der Waals surface area contributed by atoms with E-state index < -0.39 is 0 Å². The minimum absolute atomic E-state index is 0.161. The molecule has 0 atom stereocenters. The van der Waals surface area contributed by atoms with Gasteiger partial charge in [0.05, 0.1) is 29.2 Å². The summed E-state index contributed by atoms with van der Waals surface area (Å²) < 4.78 is 2.43. The summed E-state index contributed by atoms with van der Waals surface area (Å²) in [5.41, 5.74) is 2.62. The molecule has 0 radical (unpaired) electrons. The van der Waals surface area contributed by atoms with E-state index >= 15 is 0 Å². The van der Waals surface area contributed by atoms with Gasteiger partial charge in [0.2, 0.25) is 0 Å². The molecule has 0 spiro atoms. The summed E-state index contributed by atoms with van der Waals surface area (Å²) in [7, 11) is 0. The fourth-order valence-electron chi connectivity index (χ4n) is 2.03. The fraction of sp³-hybridized carbons (Fsp3) is 0.0769. The third-order valence-corrected chi connectivity index (χ3v) is 3.87. The largest absolute Gasteiger partial charge is 0.390 e. The maximum Gasteiger partial charge on any atom is 0.156 e. The average Bonchev–Trinajstić information content (AvgIpc) is 2.76. The molecule has 20 heavy (non-hydrogen) atoms. The van der Waals surface area contributed by atoms with Crippen LogP contribution in [0.1, 0.15) is 5.69 Å². The maximum absolute atomic E-state index is 9.64. The van der Waals surface area contributed by atoms with Crippen LogP contribution in [-0.4, -0.2) is 19.5 Å². The zero-order chi connectivity index (χ0) is 14.3. The van der Waals surface area contributed by atoms with Gasteiger partial charge in [-0.1, -0.05) is 23.2 Å². The van der Waals surface area contributed by atoms with E-state index in [1.54, 1.807) is 35.0 Å². The Bertz CT molecular complexity index is 804. The number of aromatic nitrogens is 3. The van der Waals surface area contributed by atoms with Crippen molar-refractivity contribution in [3.8, 4) is 11.3 Å². The molecule has 7 heteroatoms. The van der Waals surface area contributed by atoms with Gasteiger partial charge in [-0.15, -0.1) is 0 Å². The van der Waals surface area contributed by atoms with Crippen LogP contribution in [0.15, 0.2) is 35.2 Å². The zero-order valence-corrected chi connectivity index (χ0v) is 13.1. The van der Waals surface area contributed by atoms with Gasteiger partial charge in [0.25, 0.3) is 0 Å². The SMILES string of the molecule is OCc1c(-c2ccc(Cl)cc2Cl)nc2cnc(Br)cn12. The predicted octanol–water partition coefficient (Wildman–Crippen LogP) is 3.96. The molecule has 0 saturated heterocycles. The van der Waals surface area contributed by atoms with Crippen LogP contribution in [-0.2, 0) is 6.61 Å². The van der Waals surface area contributed by atoms with Crippen LogP contribution in [0.4, 0.5) is 0 Å². The van der Waals surface area contributed by atoms with Gasteiger partial charge in [-0.05, 0) is 34.1 Å². The molecule has 0 bridgehead atoms. The average molecular weight is 373 g/mol. The Labute approximate surface area is 133 Å². The van der Waals surface area contributed by atoms with Crippen LogP contribution in [0.25, 0.3) is 16.9 Å². The molecule has 0 unspecified atom stereocenters. The minimum atomic E-state index is -0.161. The van der Waals surface area contributed by atoms with Crippen molar-refractivity contribution in [1.29, 1.82) is 0 Å². The van der Waals surface area contributed by atoms with E-state index in [0.29, 0.717) is 31.7 Å². The third-order valence-electron chi connectivity index (χ3n) is 2.91. The molecule has 0 aliphatic carbocycles. The van der Waals surface area contributed by atoms with E-state index in [-0.39, 0.29) is 6.61 Å². The first-order valence-electron chi connectivity index (χ1n) is 5.69. The van der Waals surface area contributed by atoms with Gasteiger partial charge in [-0.3, -0.25) is 4.40 Å². The van der Waals surface area contributed by atoms with Gasteiger partial charge in [0.1, 0.15) is 4.60 Å². The lowest BCUT2D eigenvalue weighted by Gasteiger charge is -2.04. The van der Waals surface area contributed by atoms with E-state index in [1.165, 1.54) is 0 Å². The Balaban J connectivity index is 2.30. The van der Waals surface area contributed by atoms with Gasteiger partial charge in [0.15, 0.2) is 5.65 Å². The molecule has 3 aromatic rings. The lowest BCUT2D eigenvalue weighted by Crippen LogP contribution is -1.95. The summed E-state index contributed by atoms with van der Waals surface area (Å²) in [6.45, 7) is -0.161. The van der Waals surface area contributed by atoms with E-state index in [9.17, 15) is 5.11 Å². The van der Waals surface area contributed by atoms with Crippen molar-refractivity contribution in [3.05, 3.63) is 50.9 Å². The Morgan fingerprint density at radius 1 is 1.30 bits per heavy atom. The number of nitrogens with zero attached hydrogens (tertiary/aromatic N) is 3. The van der Waals surface area contributed by atoms with Crippen LogP contribution in [0.3, 0.4) is 0 Å². The van der Waals surface area contributed by atoms with Crippen molar-refractivity contribution < 1.29 is 5.11 Å². The number of benzene rings is 1. The molecule has 1 N–H and O–H groups in total. The molecule has 0 fully saturated rings. The van der Waals surface area contributed by atoms with Crippen LogP contribution in [0.2, 0.25) is 10.0 Å². The summed E-state index contributed by atoms with van der Waals surface area (Å²) in [5, 5.41) is 10.7. The van der Waals surface area contributed by atoms with E-state index in [2.05, 4.69) is 25.9 Å². The molecule has 4 nitrogen and oxygen atoms in total. The van der Waals surface area contributed by atoms with Gasteiger partial charge < -0.3 is 5.11 Å². The molecule has 102 valence electrons. The van der Waals surface area contributed by atoms with Crippen molar-refractivity contribution >= 4 is 44.8 Å². The molecule has 2 heterocycles. The summed E-state index contributed by atoms with van der Waals surface area (Å²) in [6.07, 6.45) is 3.37. The molecule has 3 rings (SSSR count). The molecular formula is C13H8BrCl2N3O. The highest BCUT2D eigenvalue weighted by molar-refractivity contribution is 9.10. The van der Waals surface area contributed by atoms with E-state index in [0.717, 1.165) is 5.56 Å². The normalized spacial score (nSPS) is 11.2. The molecule has 0 aliphatic rings. The topological polar surface area (TPSA) is 50.4 Å². The number of aliphatic hydroxyl groups excluding tert-OH is 1. The second-order valence-electron chi connectivity index (χ2n) is 4.13. The monoisotopic (exact) mass is 371 g/mol. The summed E-state index contributed by atoms with van der Waals surface area (Å²) >= 11 is 15.4. The van der Waals surface area contributed by atoms with Gasteiger partial charge >= 0.3 is 0 Å². The third kappa shape index (κ3) is 2.31. The lowest BCUT2D eigenvalue weighted by molar-refractivity contribution is 0.276. The number of imidazole rings is 1. The summed E-state index contributed by atoms with van der Waals surface area (Å²) in [4.78, 5) is 8.60. The van der Waals surface area contributed by atoms with Gasteiger partial charge in [-0.2, -0.15) is 0 Å². The highest BCUT2D eigenvalue weighted by atomic mass is 79.9. The summed E-state index contributed by atoms with van der Waals surface area (Å²) in [5.74, 6) is 0. The first kappa shape index (κ1) is 13.8. The smallest absolute Gasteiger partial charge is 0.156 e. The molecule has 1 aromatic carbocycles. The van der Waals surface area contributed by atoms with E-state index in [4.69, 9.17) is 23.2 Å². The quantitative estimate of drug-likeness (QED) is 0.740. The first-order chi connectivity index (χ1) is 9.60. The summed E-state index contributed by atoms with van der Waals surface area (Å²) in [6, 6.07) is 5.17. The van der Waals surface area contributed by atoms with Gasteiger partial charge in [0, 0.05) is 16.8 Å². The number of halogens is 3. The Morgan fingerprint density at radius 2 is 2.10 bits per heavy atom. The van der Waals surface area contributed by atoms with Crippen LogP contribution in [0, 0.1) is 0 Å². The van der Waals surface area contributed by atoms with Gasteiger partial charge in [-0.25, -0.2) is 9.97 Å². The number of hydrogen-bond acceptors (Lipinski definition) is 3. The van der Waals surface area contributed by atoms with Crippen molar-refractivity contribution in [2.45, 2.75) is 6.61 Å². The highest BCUT2D eigenvalue weighted by Crippen LogP contribution is 2.32. The Hall–Kier alpha value is -1.14. The second kappa shape index (κ2) is 5.33. The number of fused-ring (bicyclic) bond motifs is 1. The lowest BCUT2D eigenvalue weighted by atomic mass is 10.1. The van der Waals surface area contributed by atoms with Crippen LogP contribution < -0.4 is 0 Å². The Morgan fingerprint density at radius 3 is 2.80 bits per heavy atom. The maximum atomic E-state index is 9.64. The van der Waals surface area contributed by atoms with E-state index in [1.807, 2.05) is 0 Å². The molecule has 0 saturated carbocycles. The first-order valence-corrected chi connectivity index (χ1v) is 7.24. The highest BCUT2D eigenvalue weighted by Gasteiger charge is 2.16. The molecule has 0 amide bonds. The molecular weight excluding hydrogens is 365 g/mol. The zero-order valence-electron chi connectivity index (χ0n) is 10.0. The van der Waals surface area contributed by atoms with Crippen molar-refractivity contribution in [2.24, 2.45) is 0 Å². The van der Waals surface area contributed by atoms with Crippen LogP contribution >= 0.6 is 39.1 Å². The number of aliphatic hydroxyl groups is 1. The molecule has 0 aliphatic heterocycles. The number of rotatable bonds is 2. The van der Waals surface area contributed by atoms with Crippen molar-refractivity contribution in [2.75, 3.05) is 0 Å². The molecule has 2 aromatic heterocycles. The van der Waals surface area contributed by atoms with Crippen molar-refractivity contribution in [1.82, 2.24) is 14.4 Å². The number of hydrogen-bond donors (Lipinski definition) is 1. The minimum Gasteiger partial charge on any atom is -0.390 e. The fourth-order valence-corrected chi connectivity index (χ4v) is 2.83. The predicted molar refractivity (Wildman–Crippen MR) is 82.1 cm³/mol. The van der Waals surface area contributed by atoms with Crippen molar-refractivity contribution in [3.63, 3.8) is 0 Å². The van der Waals surface area contributed by atoms with Crippen LogP contribution in [0.5, 0.6) is 0 Å². The Kier molecular flexibility index (Phi) is 3.69. The standard InChI is InChI=1S/C13H8BrCl2N3O/c14-11-5-19-10(6-20)13(18-12(19)4-17-11)8-2-1-7(15)3-9(8)16/h1-5,20H,6H2.